The number of benzene rings is 2. The molecule has 0 spiro atoms. The van der Waals surface area contributed by atoms with E-state index in [2.05, 4.69) is 56.1 Å². The van der Waals surface area contributed by atoms with Gasteiger partial charge in [-0.3, -0.25) is 4.90 Å². The smallest absolute Gasteiger partial charge is 0.161 e. The lowest BCUT2D eigenvalue weighted by atomic mass is 10.1. The van der Waals surface area contributed by atoms with Crippen molar-refractivity contribution in [2.45, 2.75) is 6.54 Å². The van der Waals surface area contributed by atoms with Crippen LogP contribution in [0.4, 0.5) is 0 Å². The molecule has 138 valence electrons. The topological polar surface area (TPSA) is 24.9 Å². The number of hydrogen-bond acceptors (Lipinski definition) is 4. The summed E-state index contributed by atoms with van der Waals surface area (Å²) in [7, 11) is 3.27. The lowest BCUT2D eigenvalue weighted by molar-refractivity contribution is 0.177. The first kappa shape index (κ1) is 19.1. The molecule has 1 saturated heterocycles. The molecule has 0 aliphatic carbocycles. The molecule has 1 aliphatic heterocycles. The van der Waals surface area contributed by atoms with Gasteiger partial charge >= 0.3 is 0 Å². The molecule has 1 fully saturated rings. The number of thiocarbonyl (C=S) groups is 1. The van der Waals surface area contributed by atoms with Crippen LogP contribution in [0, 0.1) is 0 Å². The molecule has 26 heavy (non-hydrogen) atoms. The summed E-state index contributed by atoms with van der Waals surface area (Å²) in [5.41, 5.74) is 2.32. The third-order valence-corrected chi connectivity index (χ3v) is 5.75. The Balaban J connectivity index is 1.65. The molecular weight excluding hydrogens is 412 g/mol. The van der Waals surface area contributed by atoms with Gasteiger partial charge in [-0.25, -0.2) is 0 Å². The zero-order chi connectivity index (χ0) is 18.5. The second-order valence-electron chi connectivity index (χ2n) is 6.24. The Labute approximate surface area is 168 Å². The third kappa shape index (κ3) is 4.37. The first-order valence-corrected chi connectivity index (χ1v) is 9.79. The summed E-state index contributed by atoms with van der Waals surface area (Å²) in [6, 6.07) is 14.5. The van der Waals surface area contributed by atoms with E-state index >= 15 is 0 Å². The number of piperazine rings is 1. The number of halogens is 1. The summed E-state index contributed by atoms with van der Waals surface area (Å²) in [5.74, 6) is 1.38. The zero-order valence-corrected chi connectivity index (χ0v) is 17.5. The second kappa shape index (κ2) is 8.84. The van der Waals surface area contributed by atoms with E-state index in [1.54, 1.807) is 14.2 Å². The molecule has 0 N–H and O–H groups in total. The quantitative estimate of drug-likeness (QED) is 0.663. The second-order valence-corrected chi connectivity index (χ2v) is 7.48. The van der Waals surface area contributed by atoms with E-state index in [0.717, 1.165) is 47.7 Å². The van der Waals surface area contributed by atoms with Crippen molar-refractivity contribution >= 4 is 33.1 Å². The van der Waals surface area contributed by atoms with E-state index in [0.29, 0.717) is 11.5 Å². The van der Waals surface area contributed by atoms with Crippen molar-refractivity contribution in [1.82, 2.24) is 9.80 Å². The van der Waals surface area contributed by atoms with Crippen LogP contribution in [0.1, 0.15) is 11.1 Å². The van der Waals surface area contributed by atoms with Gasteiger partial charge in [0.15, 0.2) is 11.5 Å². The van der Waals surface area contributed by atoms with Crippen molar-refractivity contribution in [1.29, 1.82) is 0 Å². The van der Waals surface area contributed by atoms with Gasteiger partial charge in [0.25, 0.3) is 0 Å². The number of hydrogen-bond donors (Lipinski definition) is 0. The fraction of sp³-hybridized carbons (Fsp3) is 0.350. The Morgan fingerprint density at radius 2 is 1.62 bits per heavy atom. The fourth-order valence-corrected chi connectivity index (χ4v) is 4.13. The predicted octanol–water partition coefficient (Wildman–Crippen LogP) is 3.96. The molecule has 3 rings (SSSR count). The van der Waals surface area contributed by atoms with E-state index in [4.69, 9.17) is 21.7 Å². The fourth-order valence-electron chi connectivity index (χ4n) is 3.14. The highest BCUT2D eigenvalue weighted by Gasteiger charge is 2.22. The maximum absolute atomic E-state index is 5.76. The summed E-state index contributed by atoms with van der Waals surface area (Å²) in [4.78, 5) is 5.58. The lowest BCUT2D eigenvalue weighted by Gasteiger charge is -2.36. The number of nitrogens with zero attached hydrogens (tertiary/aromatic N) is 2. The normalized spacial score (nSPS) is 15.0. The van der Waals surface area contributed by atoms with Crippen molar-refractivity contribution in [3.8, 4) is 11.5 Å². The molecule has 0 bridgehead atoms. The molecule has 0 amide bonds. The van der Waals surface area contributed by atoms with Crippen LogP contribution in [0.2, 0.25) is 0 Å². The van der Waals surface area contributed by atoms with Crippen LogP contribution in [0.25, 0.3) is 0 Å². The number of methoxy groups -OCH3 is 2. The van der Waals surface area contributed by atoms with Gasteiger partial charge in [0.2, 0.25) is 0 Å². The van der Waals surface area contributed by atoms with Crippen LogP contribution in [0.15, 0.2) is 46.9 Å². The van der Waals surface area contributed by atoms with Gasteiger partial charge in [-0.1, -0.05) is 42.5 Å². The minimum atomic E-state index is 0.691. The molecule has 2 aromatic carbocycles. The van der Waals surface area contributed by atoms with Gasteiger partial charge < -0.3 is 14.4 Å². The maximum Gasteiger partial charge on any atom is 0.161 e. The molecule has 0 saturated carbocycles. The first-order chi connectivity index (χ1) is 12.6. The van der Waals surface area contributed by atoms with E-state index in [1.165, 1.54) is 5.56 Å². The minimum Gasteiger partial charge on any atom is -0.493 e. The Kier molecular flexibility index (Phi) is 6.51. The van der Waals surface area contributed by atoms with Gasteiger partial charge in [-0.15, -0.1) is 0 Å². The van der Waals surface area contributed by atoms with Crippen LogP contribution in [0.3, 0.4) is 0 Å². The van der Waals surface area contributed by atoms with Crippen molar-refractivity contribution in [2.75, 3.05) is 40.4 Å². The highest BCUT2D eigenvalue weighted by Crippen LogP contribution is 2.34. The highest BCUT2D eigenvalue weighted by atomic mass is 79.9. The van der Waals surface area contributed by atoms with E-state index in [1.807, 2.05) is 12.1 Å². The molecule has 1 heterocycles. The monoisotopic (exact) mass is 434 g/mol. The number of rotatable bonds is 5. The van der Waals surface area contributed by atoms with Crippen molar-refractivity contribution < 1.29 is 9.47 Å². The van der Waals surface area contributed by atoms with Gasteiger partial charge in [-0.05, 0) is 33.6 Å². The largest absolute Gasteiger partial charge is 0.493 e. The van der Waals surface area contributed by atoms with Gasteiger partial charge in [0, 0.05) is 42.8 Å². The van der Waals surface area contributed by atoms with Crippen LogP contribution in [0.5, 0.6) is 11.5 Å². The molecule has 0 aromatic heterocycles. The van der Waals surface area contributed by atoms with Crippen LogP contribution >= 0.6 is 28.1 Å². The maximum atomic E-state index is 5.76. The van der Waals surface area contributed by atoms with Gasteiger partial charge in [0.05, 0.1) is 14.2 Å². The van der Waals surface area contributed by atoms with Gasteiger partial charge in [0.1, 0.15) is 4.99 Å². The molecule has 0 atom stereocenters. The summed E-state index contributed by atoms with van der Waals surface area (Å²) in [6.45, 7) is 4.83. The summed E-state index contributed by atoms with van der Waals surface area (Å²) in [5, 5.41) is 0. The first-order valence-electron chi connectivity index (χ1n) is 8.59. The van der Waals surface area contributed by atoms with Gasteiger partial charge in [-0.2, -0.15) is 0 Å². The van der Waals surface area contributed by atoms with Crippen LogP contribution in [-0.4, -0.2) is 55.2 Å². The summed E-state index contributed by atoms with van der Waals surface area (Å²) in [6.07, 6.45) is 0. The van der Waals surface area contributed by atoms with E-state index in [-0.39, 0.29) is 0 Å². The standard InChI is InChI=1S/C20H23BrN2O2S/c1-24-18-12-16(17(21)13-19(18)25-2)20(26)23-10-8-22(9-11-23)14-15-6-4-3-5-7-15/h3-7,12-13H,8-11,14H2,1-2H3. The predicted molar refractivity (Wildman–Crippen MR) is 112 cm³/mol. The molecule has 1 aliphatic rings. The molecule has 6 heteroatoms. The molecule has 0 radical (unpaired) electrons. The van der Waals surface area contributed by atoms with Crippen LogP contribution < -0.4 is 9.47 Å². The Bertz CT molecular complexity index is 762. The molecular formula is C20H23BrN2O2S. The summed E-state index contributed by atoms with van der Waals surface area (Å²) < 4.78 is 11.7. The average Bonchev–Trinajstić information content (AvgIpc) is 2.68. The molecule has 4 nitrogen and oxygen atoms in total. The van der Waals surface area contributed by atoms with Crippen molar-refractivity contribution in [2.24, 2.45) is 0 Å². The zero-order valence-electron chi connectivity index (χ0n) is 15.1. The Morgan fingerprint density at radius 1 is 1.00 bits per heavy atom. The minimum absolute atomic E-state index is 0.691. The van der Waals surface area contributed by atoms with Crippen molar-refractivity contribution in [3.05, 3.63) is 58.1 Å². The molecule has 0 unspecified atom stereocenters. The Morgan fingerprint density at radius 3 is 2.23 bits per heavy atom. The van der Waals surface area contributed by atoms with Crippen LogP contribution in [-0.2, 0) is 6.54 Å². The van der Waals surface area contributed by atoms with Crippen molar-refractivity contribution in [3.63, 3.8) is 0 Å². The lowest BCUT2D eigenvalue weighted by Crippen LogP contribution is -2.48. The molecule has 2 aromatic rings. The average molecular weight is 435 g/mol. The summed E-state index contributed by atoms with van der Waals surface area (Å²) >= 11 is 9.38. The third-order valence-electron chi connectivity index (χ3n) is 4.61. The highest BCUT2D eigenvalue weighted by molar-refractivity contribution is 9.10. The Hall–Kier alpha value is -1.63. The van der Waals surface area contributed by atoms with E-state index < -0.39 is 0 Å². The van der Waals surface area contributed by atoms with E-state index in [9.17, 15) is 0 Å². The number of ether oxygens (including phenoxy) is 2. The SMILES string of the molecule is COc1cc(Br)c(C(=S)N2CCN(Cc3ccccc3)CC2)cc1OC.